The number of ether oxygens (including phenoxy) is 1. The average molecular weight is 319 g/mol. The molecule has 7 heteroatoms. The van der Waals surface area contributed by atoms with Crippen molar-refractivity contribution in [3.63, 3.8) is 0 Å². The zero-order valence-electron chi connectivity index (χ0n) is 6.91. The van der Waals surface area contributed by atoms with Crippen molar-refractivity contribution in [1.29, 1.82) is 0 Å². The van der Waals surface area contributed by atoms with Crippen molar-refractivity contribution >= 4 is 22.6 Å². The lowest BCUT2D eigenvalue weighted by Gasteiger charge is -2.08. The molecule has 0 unspecified atom stereocenters. The van der Waals surface area contributed by atoms with Crippen molar-refractivity contribution in [2.75, 3.05) is 0 Å². The topological polar surface area (TPSA) is 42.1 Å². The molecule has 1 heterocycles. The first-order valence-electron chi connectivity index (χ1n) is 3.45. The van der Waals surface area contributed by atoms with Crippen molar-refractivity contribution in [3.05, 3.63) is 25.6 Å². The molecule has 1 aromatic rings. The third kappa shape index (κ3) is 2.89. The highest BCUT2D eigenvalue weighted by Gasteiger charge is 2.31. The zero-order valence-corrected chi connectivity index (χ0v) is 9.06. The molecule has 1 N–H and O–H groups in total. The molecule has 0 fully saturated rings. The molecular formula is C7H5F3INO2. The quantitative estimate of drug-likeness (QED) is 0.806. The molecule has 0 radical (unpaired) electrons. The summed E-state index contributed by atoms with van der Waals surface area (Å²) in [6, 6.07) is 1.12. The number of rotatable bonds is 1. The van der Waals surface area contributed by atoms with E-state index in [9.17, 15) is 18.0 Å². The Balaban J connectivity index is 3.08. The van der Waals surface area contributed by atoms with E-state index in [0.717, 1.165) is 6.07 Å². The number of pyridine rings is 1. The van der Waals surface area contributed by atoms with Crippen molar-refractivity contribution in [2.24, 2.45) is 0 Å². The van der Waals surface area contributed by atoms with E-state index >= 15 is 0 Å². The summed E-state index contributed by atoms with van der Waals surface area (Å²) < 4.78 is 39.2. The van der Waals surface area contributed by atoms with Crippen molar-refractivity contribution in [1.82, 2.24) is 4.98 Å². The monoisotopic (exact) mass is 319 g/mol. The molecule has 0 aliphatic carbocycles. The highest BCUT2D eigenvalue weighted by molar-refractivity contribution is 14.1. The number of nitrogens with one attached hydrogen (secondary N) is 1. The van der Waals surface area contributed by atoms with Crippen LogP contribution in [-0.2, 0) is 0 Å². The standard InChI is InChI=1S/C7H5F3INO2/c1-3-2-4(14-7(8,9)10)12-6(13)5(3)11/h2H,1H3,(H,12,13). The Kier molecular flexibility index (Phi) is 3.07. The fraction of sp³-hybridized carbons (Fsp3) is 0.286. The van der Waals surface area contributed by atoms with E-state index in [1.165, 1.54) is 6.92 Å². The Bertz CT molecular complexity index is 399. The number of halogens is 4. The molecule has 0 atom stereocenters. The number of alkyl halides is 3. The minimum absolute atomic E-state index is 0.345. The number of hydrogen-bond acceptors (Lipinski definition) is 2. The smallest absolute Gasteiger partial charge is 0.390 e. The SMILES string of the molecule is Cc1cc(OC(F)(F)F)[nH]c(=O)c1I. The predicted octanol–water partition coefficient (Wildman–Crippen LogP) is 2.19. The molecule has 0 aromatic carbocycles. The minimum atomic E-state index is -4.79. The van der Waals surface area contributed by atoms with Gasteiger partial charge in [0.05, 0.1) is 3.57 Å². The number of aromatic nitrogens is 1. The molecule has 0 bridgehead atoms. The van der Waals surface area contributed by atoms with E-state index in [1.807, 2.05) is 4.98 Å². The summed E-state index contributed by atoms with van der Waals surface area (Å²) >= 11 is 1.74. The van der Waals surface area contributed by atoms with Crippen LogP contribution in [0.3, 0.4) is 0 Å². The van der Waals surface area contributed by atoms with Crippen LogP contribution in [0.25, 0.3) is 0 Å². The third-order valence-electron chi connectivity index (χ3n) is 1.36. The summed E-state index contributed by atoms with van der Waals surface area (Å²) in [4.78, 5) is 13.0. The lowest BCUT2D eigenvalue weighted by Crippen LogP contribution is -2.21. The van der Waals surface area contributed by atoms with Gasteiger partial charge in [0, 0.05) is 6.07 Å². The molecule has 0 saturated heterocycles. The number of H-pyrrole nitrogens is 1. The van der Waals surface area contributed by atoms with Crippen molar-refractivity contribution < 1.29 is 17.9 Å². The molecule has 1 rings (SSSR count). The molecule has 3 nitrogen and oxygen atoms in total. The Labute approximate surface area is 90.4 Å². The van der Waals surface area contributed by atoms with Gasteiger partial charge in [-0.15, -0.1) is 13.2 Å². The molecule has 0 saturated carbocycles. The largest absolute Gasteiger partial charge is 0.574 e. The van der Waals surface area contributed by atoms with Crippen molar-refractivity contribution in [2.45, 2.75) is 13.3 Å². The van der Waals surface area contributed by atoms with Gasteiger partial charge in [-0.3, -0.25) is 9.78 Å². The maximum absolute atomic E-state index is 11.8. The lowest BCUT2D eigenvalue weighted by molar-refractivity contribution is -0.276. The van der Waals surface area contributed by atoms with E-state index < -0.39 is 17.8 Å². The first-order valence-corrected chi connectivity index (χ1v) is 4.52. The highest BCUT2D eigenvalue weighted by Crippen LogP contribution is 2.21. The molecule has 0 amide bonds. The van der Waals surface area contributed by atoms with Crippen LogP contribution in [0.4, 0.5) is 13.2 Å². The average Bonchev–Trinajstić information content (AvgIpc) is 1.96. The second-order valence-corrected chi connectivity index (χ2v) is 3.59. The summed E-state index contributed by atoms with van der Waals surface area (Å²) in [6.45, 7) is 1.53. The van der Waals surface area contributed by atoms with Gasteiger partial charge in [-0.25, -0.2) is 0 Å². The van der Waals surface area contributed by atoms with Gasteiger partial charge in [-0.1, -0.05) is 0 Å². The molecule has 0 aliphatic rings. The maximum Gasteiger partial charge on any atom is 0.574 e. The molecule has 0 aliphatic heterocycles. The highest BCUT2D eigenvalue weighted by atomic mass is 127. The van der Waals surface area contributed by atoms with E-state index in [4.69, 9.17) is 0 Å². The number of hydrogen-bond donors (Lipinski definition) is 1. The Morgan fingerprint density at radius 3 is 2.50 bits per heavy atom. The van der Waals surface area contributed by atoms with E-state index in [0.29, 0.717) is 9.13 Å². The van der Waals surface area contributed by atoms with Crippen LogP contribution in [0.1, 0.15) is 5.56 Å². The van der Waals surface area contributed by atoms with E-state index in [1.54, 1.807) is 22.6 Å². The Morgan fingerprint density at radius 2 is 2.07 bits per heavy atom. The normalized spacial score (nSPS) is 11.5. The van der Waals surface area contributed by atoms with Gasteiger partial charge in [-0.05, 0) is 35.1 Å². The van der Waals surface area contributed by atoms with Crippen LogP contribution in [0, 0.1) is 10.5 Å². The van der Waals surface area contributed by atoms with Crippen LogP contribution in [0.2, 0.25) is 0 Å². The fourth-order valence-corrected chi connectivity index (χ4v) is 1.11. The minimum Gasteiger partial charge on any atom is -0.390 e. The van der Waals surface area contributed by atoms with Gasteiger partial charge < -0.3 is 4.74 Å². The van der Waals surface area contributed by atoms with Gasteiger partial charge in [0.15, 0.2) is 0 Å². The molecular weight excluding hydrogens is 314 g/mol. The summed E-state index contributed by atoms with van der Waals surface area (Å²) in [5.74, 6) is -0.597. The van der Waals surface area contributed by atoms with Gasteiger partial charge in [0.2, 0.25) is 5.88 Å². The zero-order chi connectivity index (χ0) is 10.9. The summed E-state index contributed by atoms with van der Waals surface area (Å²) in [6.07, 6.45) is -4.79. The maximum atomic E-state index is 11.8. The Morgan fingerprint density at radius 1 is 1.50 bits per heavy atom. The first kappa shape index (κ1) is 11.3. The number of aryl methyl sites for hydroxylation is 1. The second kappa shape index (κ2) is 3.79. The van der Waals surface area contributed by atoms with Gasteiger partial charge in [0.1, 0.15) is 0 Å². The molecule has 0 spiro atoms. The lowest BCUT2D eigenvalue weighted by atomic mass is 10.3. The van der Waals surface area contributed by atoms with Crippen molar-refractivity contribution in [3.8, 4) is 5.88 Å². The summed E-state index contributed by atoms with van der Waals surface area (Å²) in [5.41, 5.74) is -0.154. The first-order chi connectivity index (χ1) is 6.29. The molecule has 78 valence electrons. The second-order valence-electron chi connectivity index (χ2n) is 2.51. The Hall–Kier alpha value is -0.730. The van der Waals surface area contributed by atoms with Crippen LogP contribution in [0.5, 0.6) is 5.88 Å². The fourth-order valence-electron chi connectivity index (χ4n) is 0.822. The van der Waals surface area contributed by atoms with Gasteiger partial charge >= 0.3 is 6.36 Å². The van der Waals surface area contributed by atoms with Crippen LogP contribution in [-0.4, -0.2) is 11.3 Å². The van der Waals surface area contributed by atoms with Gasteiger partial charge in [0.25, 0.3) is 5.56 Å². The van der Waals surface area contributed by atoms with Crippen LogP contribution >= 0.6 is 22.6 Å². The van der Waals surface area contributed by atoms with Crippen LogP contribution in [0.15, 0.2) is 10.9 Å². The van der Waals surface area contributed by atoms with Gasteiger partial charge in [-0.2, -0.15) is 0 Å². The number of aromatic amines is 1. The van der Waals surface area contributed by atoms with E-state index in [2.05, 4.69) is 4.74 Å². The predicted molar refractivity (Wildman–Crippen MR) is 51.2 cm³/mol. The summed E-state index contributed by atoms with van der Waals surface area (Å²) in [7, 11) is 0. The van der Waals surface area contributed by atoms with Crippen LogP contribution < -0.4 is 10.3 Å². The van der Waals surface area contributed by atoms with E-state index in [-0.39, 0.29) is 0 Å². The molecule has 1 aromatic heterocycles. The third-order valence-corrected chi connectivity index (χ3v) is 2.70. The molecule has 14 heavy (non-hydrogen) atoms. The summed E-state index contributed by atoms with van der Waals surface area (Å²) in [5, 5.41) is 0.